The number of likely N-dealkylation sites (tertiary alicyclic amines) is 1. The van der Waals surface area contributed by atoms with Crippen LogP contribution in [0.2, 0.25) is 0 Å². The van der Waals surface area contributed by atoms with Gasteiger partial charge in [-0.05, 0) is 47.1 Å². The van der Waals surface area contributed by atoms with Crippen LogP contribution in [-0.4, -0.2) is 17.4 Å². The first-order valence-corrected chi connectivity index (χ1v) is 7.24. The van der Waals surface area contributed by atoms with Crippen molar-refractivity contribution < 1.29 is 4.79 Å². The van der Waals surface area contributed by atoms with Crippen molar-refractivity contribution in [2.75, 3.05) is 6.54 Å². The second-order valence-corrected chi connectivity index (χ2v) is 6.03. The number of benzene rings is 1. The van der Waals surface area contributed by atoms with Crippen molar-refractivity contribution in [3.63, 3.8) is 0 Å². The summed E-state index contributed by atoms with van der Waals surface area (Å²) in [6, 6.07) is 8.67. The van der Waals surface area contributed by atoms with Gasteiger partial charge in [-0.2, -0.15) is 0 Å². The molecule has 1 unspecified atom stereocenters. The molecule has 0 N–H and O–H groups in total. The molecule has 1 aromatic carbocycles. The van der Waals surface area contributed by atoms with Gasteiger partial charge in [0, 0.05) is 16.0 Å². The molecule has 1 aliphatic rings. The van der Waals surface area contributed by atoms with Crippen LogP contribution in [0.5, 0.6) is 0 Å². The van der Waals surface area contributed by atoms with Gasteiger partial charge in [0.1, 0.15) is 0 Å². The van der Waals surface area contributed by atoms with Gasteiger partial charge >= 0.3 is 0 Å². The molecule has 1 aliphatic heterocycles. The van der Waals surface area contributed by atoms with Crippen LogP contribution in [0.15, 0.2) is 24.3 Å². The zero-order chi connectivity index (χ0) is 12.4. The minimum absolute atomic E-state index is 0.0944. The fourth-order valence-electron chi connectivity index (χ4n) is 2.43. The molecule has 1 fully saturated rings. The second-order valence-electron chi connectivity index (χ2n) is 4.87. The molecular formula is C14H18INO. The highest BCUT2D eigenvalue weighted by atomic mass is 127. The molecule has 92 valence electrons. The molecule has 2 rings (SSSR count). The smallest absolute Gasteiger partial charge is 0.225 e. The average Bonchev–Trinajstić information content (AvgIpc) is 2.77. The van der Waals surface area contributed by atoms with Crippen LogP contribution < -0.4 is 0 Å². The summed E-state index contributed by atoms with van der Waals surface area (Å²) in [7, 11) is 0. The molecule has 0 saturated carbocycles. The SMILES string of the molecule is CC(C)C(=O)N1CCCC1c1ccccc1I. The quantitative estimate of drug-likeness (QED) is 0.752. The fraction of sp³-hybridized carbons (Fsp3) is 0.500. The first-order valence-electron chi connectivity index (χ1n) is 6.16. The summed E-state index contributed by atoms with van der Waals surface area (Å²) in [6.07, 6.45) is 2.21. The molecule has 1 atom stereocenters. The molecule has 1 amide bonds. The van der Waals surface area contributed by atoms with Crippen molar-refractivity contribution in [3.05, 3.63) is 33.4 Å². The summed E-state index contributed by atoms with van der Waals surface area (Å²) in [5.41, 5.74) is 1.31. The number of amides is 1. The maximum Gasteiger partial charge on any atom is 0.225 e. The molecule has 1 heterocycles. The van der Waals surface area contributed by atoms with E-state index in [-0.39, 0.29) is 17.9 Å². The van der Waals surface area contributed by atoms with Gasteiger partial charge in [-0.25, -0.2) is 0 Å². The van der Waals surface area contributed by atoms with Crippen LogP contribution in [0, 0.1) is 9.49 Å². The van der Waals surface area contributed by atoms with Gasteiger partial charge in [0.05, 0.1) is 6.04 Å². The van der Waals surface area contributed by atoms with E-state index >= 15 is 0 Å². The fourth-order valence-corrected chi connectivity index (χ4v) is 3.18. The van der Waals surface area contributed by atoms with E-state index in [0.29, 0.717) is 0 Å². The molecule has 2 nitrogen and oxygen atoms in total. The van der Waals surface area contributed by atoms with E-state index in [4.69, 9.17) is 0 Å². The van der Waals surface area contributed by atoms with Crippen LogP contribution in [0.4, 0.5) is 0 Å². The lowest BCUT2D eigenvalue weighted by molar-refractivity contribution is -0.135. The highest BCUT2D eigenvalue weighted by molar-refractivity contribution is 14.1. The van der Waals surface area contributed by atoms with Gasteiger partial charge in [0.15, 0.2) is 0 Å². The lowest BCUT2D eigenvalue weighted by Gasteiger charge is -2.27. The van der Waals surface area contributed by atoms with Gasteiger partial charge in [-0.1, -0.05) is 32.0 Å². The van der Waals surface area contributed by atoms with Crippen molar-refractivity contribution in [2.45, 2.75) is 32.7 Å². The van der Waals surface area contributed by atoms with E-state index in [2.05, 4.69) is 51.8 Å². The van der Waals surface area contributed by atoms with Crippen molar-refractivity contribution in [1.82, 2.24) is 4.90 Å². The number of hydrogen-bond acceptors (Lipinski definition) is 1. The molecule has 17 heavy (non-hydrogen) atoms. The third kappa shape index (κ3) is 2.64. The molecule has 1 saturated heterocycles. The Morgan fingerprint density at radius 1 is 1.41 bits per heavy atom. The Hall–Kier alpha value is -0.580. The maximum atomic E-state index is 12.2. The van der Waals surface area contributed by atoms with E-state index in [1.54, 1.807) is 0 Å². The third-order valence-electron chi connectivity index (χ3n) is 3.29. The summed E-state index contributed by atoms with van der Waals surface area (Å²) in [5, 5.41) is 0. The number of carbonyl (C=O) groups is 1. The highest BCUT2D eigenvalue weighted by Gasteiger charge is 2.31. The molecule has 3 heteroatoms. The molecule has 0 bridgehead atoms. The van der Waals surface area contributed by atoms with E-state index in [9.17, 15) is 4.79 Å². The van der Waals surface area contributed by atoms with Crippen LogP contribution in [0.1, 0.15) is 38.3 Å². The lowest BCUT2D eigenvalue weighted by atomic mass is 10.0. The Morgan fingerprint density at radius 3 is 2.76 bits per heavy atom. The highest BCUT2D eigenvalue weighted by Crippen LogP contribution is 2.35. The Bertz CT molecular complexity index is 416. The number of hydrogen-bond donors (Lipinski definition) is 0. The molecule has 0 spiro atoms. The van der Waals surface area contributed by atoms with Gasteiger partial charge in [-0.3, -0.25) is 4.79 Å². The second kappa shape index (κ2) is 5.38. The predicted molar refractivity (Wildman–Crippen MR) is 77.7 cm³/mol. The minimum Gasteiger partial charge on any atom is -0.335 e. The van der Waals surface area contributed by atoms with E-state index < -0.39 is 0 Å². The Labute approximate surface area is 117 Å². The van der Waals surface area contributed by atoms with E-state index in [0.717, 1.165) is 19.4 Å². The van der Waals surface area contributed by atoms with Gasteiger partial charge in [0.25, 0.3) is 0 Å². The first-order chi connectivity index (χ1) is 8.11. The van der Waals surface area contributed by atoms with Crippen LogP contribution in [-0.2, 0) is 4.79 Å². The van der Waals surface area contributed by atoms with E-state index in [1.807, 2.05) is 13.8 Å². The Balaban J connectivity index is 2.26. The monoisotopic (exact) mass is 343 g/mol. The summed E-state index contributed by atoms with van der Waals surface area (Å²) >= 11 is 2.36. The number of rotatable bonds is 2. The first kappa shape index (κ1) is 12.9. The number of nitrogens with zero attached hydrogens (tertiary/aromatic N) is 1. The molecule has 0 aliphatic carbocycles. The van der Waals surface area contributed by atoms with Gasteiger partial charge in [0.2, 0.25) is 5.91 Å². The minimum atomic E-state index is 0.0944. The van der Waals surface area contributed by atoms with E-state index in [1.165, 1.54) is 9.13 Å². The largest absolute Gasteiger partial charge is 0.335 e. The predicted octanol–water partition coefficient (Wildman–Crippen LogP) is 3.61. The Morgan fingerprint density at radius 2 is 2.12 bits per heavy atom. The normalized spacial score (nSPS) is 20.0. The van der Waals surface area contributed by atoms with Crippen molar-refractivity contribution in [1.29, 1.82) is 0 Å². The van der Waals surface area contributed by atoms with Gasteiger partial charge in [-0.15, -0.1) is 0 Å². The van der Waals surface area contributed by atoms with Crippen LogP contribution in [0.3, 0.4) is 0 Å². The van der Waals surface area contributed by atoms with Crippen molar-refractivity contribution in [2.24, 2.45) is 5.92 Å². The number of carbonyl (C=O) groups excluding carboxylic acids is 1. The molecule has 1 aromatic rings. The van der Waals surface area contributed by atoms with Crippen LogP contribution in [0.25, 0.3) is 0 Å². The molecular weight excluding hydrogens is 325 g/mol. The zero-order valence-electron chi connectivity index (χ0n) is 10.3. The van der Waals surface area contributed by atoms with Crippen molar-refractivity contribution >= 4 is 28.5 Å². The molecule has 0 aromatic heterocycles. The summed E-state index contributed by atoms with van der Waals surface area (Å²) in [6.45, 7) is 4.87. The molecule has 0 radical (unpaired) electrons. The number of halogens is 1. The topological polar surface area (TPSA) is 20.3 Å². The summed E-state index contributed by atoms with van der Waals surface area (Å²) in [5.74, 6) is 0.379. The van der Waals surface area contributed by atoms with Crippen molar-refractivity contribution in [3.8, 4) is 0 Å². The maximum absolute atomic E-state index is 12.2. The lowest BCUT2D eigenvalue weighted by Crippen LogP contribution is -2.34. The Kier molecular flexibility index (Phi) is 4.07. The summed E-state index contributed by atoms with van der Waals surface area (Å²) < 4.78 is 1.26. The zero-order valence-corrected chi connectivity index (χ0v) is 12.5. The standard InChI is InChI=1S/C14H18INO/c1-10(2)14(17)16-9-5-8-13(16)11-6-3-4-7-12(11)15/h3-4,6-7,10,13H,5,8-9H2,1-2H3. The summed E-state index contributed by atoms with van der Waals surface area (Å²) in [4.78, 5) is 14.2. The average molecular weight is 343 g/mol. The third-order valence-corrected chi connectivity index (χ3v) is 4.28. The van der Waals surface area contributed by atoms with Crippen LogP contribution >= 0.6 is 22.6 Å². The van der Waals surface area contributed by atoms with Gasteiger partial charge < -0.3 is 4.90 Å².